The Balaban J connectivity index is 1.64. The summed E-state index contributed by atoms with van der Waals surface area (Å²) in [6, 6.07) is 21.3. The first kappa shape index (κ1) is 30.1. The van der Waals surface area contributed by atoms with Crippen LogP contribution in [0.3, 0.4) is 0 Å². The van der Waals surface area contributed by atoms with Crippen LogP contribution in [-0.2, 0) is 4.74 Å². The van der Waals surface area contributed by atoms with Gasteiger partial charge in [-0.05, 0) is 82.2 Å². The molecule has 4 rings (SSSR count). The summed E-state index contributed by atoms with van der Waals surface area (Å²) in [6.07, 6.45) is 3.37. The maximum atomic E-state index is 13.6. The van der Waals surface area contributed by atoms with Crippen LogP contribution in [0.25, 0.3) is 16.8 Å². The molecule has 0 aliphatic carbocycles. The van der Waals surface area contributed by atoms with E-state index in [1.165, 1.54) is 0 Å². The lowest BCUT2D eigenvalue weighted by Crippen LogP contribution is -2.50. The minimum atomic E-state index is -0.969. The Kier molecular flexibility index (Phi) is 9.71. The molecule has 1 N–H and O–H groups in total. The predicted molar refractivity (Wildman–Crippen MR) is 163 cm³/mol. The molecular weight excluding hydrogens is 516 g/mol. The molecule has 7 nitrogen and oxygen atoms in total. The molecule has 1 fully saturated rings. The molecule has 41 heavy (non-hydrogen) atoms. The fraction of sp³-hybridized carbons (Fsp3) is 0.412. The van der Waals surface area contributed by atoms with Crippen molar-refractivity contribution in [3.8, 4) is 5.75 Å². The highest BCUT2D eigenvalue weighted by Gasteiger charge is 2.32. The number of piperidine rings is 1. The Morgan fingerprint density at radius 1 is 1.00 bits per heavy atom. The van der Waals surface area contributed by atoms with Crippen molar-refractivity contribution in [1.29, 1.82) is 0 Å². The van der Waals surface area contributed by atoms with E-state index in [9.17, 15) is 14.7 Å². The molecular formula is C34H42N2O5. The van der Waals surface area contributed by atoms with Gasteiger partial charge in [-0.15, -0.1) is 0 Å². The van der Waals surface area contributed by atoms with Crippen molar-refractivity contribution >= 4 is 28.9 Å². The topological polar surface area (TPSA) is 79.3 Å². The number of carboxylic acid groups (broad SMARTS) is 1. The third-order valence-electron chi connectivity index (χ3n) is 7.36. The van der Waals surface area contributed by atoms with Crippen molar-refractivity contribution in [2.45, 2.75) is 65.1 Å². The van der Waals surface area contributed by atoms with Gasteiger partial charge in [0.25, 0.3) is 0 Å². The lowest BCUT2D eigenvalue weighted by molar-refractivity contribution is 0.00882. The van der Waals surface area contributed by atoms with E-state index in [0.717, 1.165) is 53.6 Å². The Hall–Kier alpha value is -3.84. The highest BCUT2D eigenvalue weighted by atomic mass is 16.6. The van der Waals surface area contributed by atoms with Crippen LogP contribution in [0.5, 0.6) is 5.75 Å². The number of fused-ring (bicyclic) bond motifs is 1. The average molecular weight is 559 g/mol. The van der Waals surface area contributed by atoms with Crippen molar-refractivity contribution < 1.29 is 24.2 Å². The molecule has 0 spiro atoms. The van der Waals surface area contributed by atoms with Crippen LogP contribution in [0.15, 0.2) is 72.3 Å². The van der Waals surface area contributed by atoms with E-state index in [0.29, 0.717) is 12.6 Å². The van der Waals surface area contributed by atoms with E-state index in [1.54, 1.807) is 24.3 Å². The summed E-state index contributed by atoms with van der Waals surface area (Å²) >= 11 is 0. The van der Waals surface area contributed by atoms with E-state index in [2.05, 4.69) is 30.9 Å². The minimum Gasteiger partial charge on any atom is -0.489 e. The molecule has 218 valence electrons. The maximum absolute atomic E-state index is 13.6. The smallest absolute Gasteiger partial charge is 0.410 e. The molecule has 0 radical (unpaired) electrons. The highest BCUT2D eigenvalue weighted by molar-refractivity contribution is 5.88. The number of rotatable bonds is 9. The van der Waals surface area contributed by atoms with Crippen LogP contribution < -0.4 is 4.74 Å². The zero-order chi connectivity index (χ0) is 29.6. The van der Waals surface area contributed by atoms with Crippen LogP contribution in [0.4, 0.5) is 4.79 Å². The van der Waals surface area contributed by atoms with Gasteiger partial charge in [0.1, 0.15) is 18.0 Å². The Bertz CT molecular complexity index is 1360. The van der Waals surface area contributed by atoms with Gasteiger partial charge >= 0.3 is 12.1 Å². The molecule has 1 amide bonds. The van der Waals surface area contributed by atoms with Gasteiger partial charge in [-0.25, -0.2) is 9.59 Å². The van der Waals surface area contributed by atoms with Crippen LogP contribution in [-0.4, -0.2) is 70.9 Å². The van der Waals surface area contributed by atoms with Gasteiger partial charge in [-0.2, -0.15) is 0 Å². The van der Waals surface area contributed by atoms with Gasteiger partial charge in [-0.3, -0.25) is 0 Å². The number of ether oxygens (including phenoxy) is 2. The van der Waals surface area contributed by atoms with Crippen molar-refractivity contribution in [2.24, 2.45) is 0 Å². The molecule has 3 aromatic rings. The summed E-state index contributed by atoms with van der Waals surface area (Å²) in [5.74, 6) is -0.201. The van der Waals surface area contributed by atoms with Crippen LogP contribution in [0.2, 0.25) is 0 Å². The Morgan fingerprint density at radius 3 is 2.29 bits per heavy atom. The summed E-state index contributed by atoms with van der Waals surface area (Å²) in [5, 5.41) is 11.4. The molecule has 1 heterocycles. The fourth-order valence-electron chi connectivity index (χ4n) is 5.18. The monoisotopic (exact) mass is 558 g/mol. The summed E-state index contributed by atoms with van der Waals surface area (Å²) in [6.45, 7) is 12.5. The molecule has 3 aromatic carbocycles. The summed E-state index contributed by atoms with van der Waals surface area (Å²) in [5.41, 5.74) is 1.33. The summed E-state index contributed by atoms with van der Waals surface area (Å²) in [7, 11) is 0. The number of aromatic carboxylic acids is 1. The molecule has 0 bridgehead atoms. The van der Waals surface area contributed by atoms with Gasteiger partial charge in [0.2, 0.25) is 0 Å². The van der Waals surface area contributed by atoms with E-state index in [-0.39, 0.29) is 24.3 Å². The third kappa shape index (κ3) is 8.33. The molecule has 0 saturated carbocycles. The number of carbonyl (C=O) groups is 2. The molecule has 1 saturated heterocycles. The summed E-state index contributed by atoms with van der Waals surface area (Å²) < 4.78 is 12.3. The number of benzene rings is 3. The standard InChI is InChI=1S/C34H42N2O5/c1-24(2)35-19-17-29(18-20-35)36(33(39)41-34(3,4)5)22-26(21-25-13-15-28(16-14-25)32(37)38)23-40-31-12-8-10-27-9-6-7-11-30(27)31/h6-16,21,24,29H,17-20,22-23H2,1-5H3,(H,37,38). The zero-order valence-corrected chi connectivity index (χ0v) is 24.8. The summed E-state index contributed by atoms with van der Waals surface area (Å²) in [4.78, 5) is 29.3. The van der Waals surface area contributed by atoms with Crippen molar-refractivity contribution in [3.05, 3.63) is 83.4 Å². The second-order valence-corrected chi connectivity index (χ2v) is 12.0. The minimum absolute atomic E-state index is 0.0372. The maximum Gasteiger partial charge on any atom is 0.410 e. The van der Waals surface area contributed by atoms with E-state index < -0.39 is 11.6 Å². The second kappa shape index (κ2) is 13.2. The van der Waals surface area contributed by atoms with Gasteiger partial charge in [0.15, 0.2) is 0 Å². The lowest BCUT2D eigenvalue weighted by atomic mass is 10.0. The van der Waals surface area contributed by atoms with Crippen molar-refractivity contribution in [3.63, 3.8) is 0 Å². The third-order valence-corrected chi connectivity index (χ3v) is 7.36. The van der Waals surface area contributed by atoms with E-state index >= 15 is 0 Å². The SMILES string of the molecule is CC(C)N1CCC(N(CC(=Cc2ccc(C(=O)O)cc2)COc2cccc3ccccc23)C(=O)OC(C)(C)C)CC1. The number of likely N-dealkylation sites (tertiary alicyclic amines) is 1. The number of hydrogen-bond acceptors (Lipinski definition) is 5. The largest absolute Gasteiger partial charge is 0.489 e. The first-order valence-electron chi connectivity index (χ1n) is 14.4. The van der Waals surface area contributed by atoms with Crippen LogP contribution in [0.1, 0.15) is 63.4 Å². The Labute approximate surface area is 243 Å². The zero-order valence-electron chi connectivity index (χ0n) is 24.8. The number of amides is 1. The van der Waals surface area contributed by atoms with Crippen LogP contribution in [0, 0.1) is 0 Å². The first-order valence-corrected chi connectivity index (χ1v) is 14.4. The number of carbonyl (C=O) groups excluding carboxylic acids is 1. The molecule has 0 aromatic heterocycles. The lowest BCUT2D eigenvalue weighted by Gasteiger charge is -2.40. The predicted octanol–water partition coefficient (Wildman–Crippen LogP) is 7.11. The fourth-order valence-corrected chi connectivity index (χ4v) is 5.18. The van der Waals surface area contributed by atoms with Crippen molar-refractivity contribution in [1.82, 2.24) is 9.80 Å². The number of nitrogens with zero attached hydrogens (tertiary/aromatic N) is 2. The van der Waals surface area contributed by atoms with Crippen LogP contribution >= 0.6 is 0 Å². The van der Waals surface area contributed by atoms with E-state index in [1.807, 2.05) is 62.1 Å². The number of hydrogen-bond donors (Lipinski definition) is 1. The molecule has 0 atom stereocenters. The van der Waals surface area contributed by atoms with Gasteiger partial charge in [0.05, 0.1) is 5.56 Å². The van der Waals surface area contributed by atoms with Gasteiger partial charge in [-0.1, -0.05) is 54.6 Å². The van der Waals surface area contributed by atoms with E-state index in [4.69, 9.17) is 9.47 Å². The molecule has 1 aliphatic rings. The Morgan fingerprint density at radius 2 is 1.66 bits per heavy atom. The normalized spacial score (nSPS) is 15.2. The average Bonchev–Trinajstić information content (AvgIpc) is 2.93. The highest BCUT2D eigenvalue weighted by Crippen LogP contribution is 2.27. The van der Waals surface area contributed by atoms with Gasteiger partial charge in [0, 0.05) is 37.1 Å². The first-order chi connectivity index (χ1) is 19.5. The van der Waals surface area contributed by atoms with Crippen molar-refractivity contribution in [2.75, 3.05) is 26.2 Å². The quantitative estimate of drug-likeness (QED) is 0.302. The molecule has 0 unspecified atom stereocenters. The van der Waals surface area contributed by atoms with Gasteiger partial charge < -0.3 is 24.4 Å². The number of carboxylic acids is 1. The second-order valence-electron chi connectivity index (χ2n) is 12.0. The molecule has 1 aliphatic heterocycles. The molecule has 7 heteroatoms.